The van der Waals surface area contributed by atoms with Gasteiger partial charge in [0.1, 0.15) is 11.2 Å². The molecular formula is C130H94N6OS. The molecule has 0 bridgehead atoms. The van der Waals surface area contributed by atoms with Gasteiger partial charge < -0.3 is 33.8 Å². The lowest BCUT2D eigenvalue weighted by Crippen LogP contribution is -2.16. The summed E-state index contributed by atoms with van der Waals surface area (Å²) in [6.07, 6.45) is 0. The summed E-state index contributed by atoms with van der Waals surface area (Å²) in [4.78, 5) is 14.4. The monoisotopic (exact) mass is 1790 g/mol. The van der Waals surface area contributed by atoms with Gasteiger partial charge in [-0.1, -0.05) is 328 Å². The van der Waals surface area contributed by atoms with Gasteiger partial charge in [0.15, 0.2) is 0 Å². The second-order valence-electron chi connectivity index (χ2n) is 35.0. The van der Waals surface area contributed by atoms with E-state index in [1.54, 1.807) is 0 Å². The van der Waals surface area contributed by atoms with E-state index in [9.17, 15) is 0 Å². The van der Waals surface area contributed by atoms with Crippen LogP contribution in [0.5, 0.6) is 0 Å². The van der Waals surface area contributed by atoms with Gasteiger partial charge >= 0.3 is 0 Å². The van der Waals surface area contributed by atoms with Crippen LogP contribution >= 0.6 is 11.3 Å². The minimum Gasteiger partial charge on any atom is -0.456 e. The van der Waals surface area contributed by atoms with Crippen LogP contribution in [0.25, 0.3) is 108 Å². The topological polar surface area (TPSA) is 32.6 Å². The summed E-state index contributed by atoms with van der Waals surface area (Å²) in [5.74, 6) is 0. The average molecular weight is 1790 g/mol. The van der Waals surface area contributed by atoms with E-state index in [4.69, 9.17) is 4.42 Å². The molecule has 7 nitrogen and oxygen atoms in total. The molecule has 0 unspecified atom stereocenters. The van der Waals surface area contributed by atoms with Gasteiger partial charge in [-0.2, -0.15) is 0 Å². The van der Waals surface area contributed by atoms with Crippen LogP contribution in [0.3, 0.4) is 0 Å². The zero-order valence-corrected chi connectivity index (χ0v) is 77.1. The second-order valence-corrected chi connectivity index (χ2v) is 36.1. The number of hydrogen-bond donors (Lipinski definition) is 0. The zero-order valence-electron chi connectivity index (χ0n) is 76.3. The van der Waals surface area contributed by atoms with E-state index in [2.05, 4.69) is 565 Å². The molecule has 0 spiro atoms. The first-order chi connectivity index (χ1) is 68.2. The largest absolute Gasteiger partial charge is 0.456 e. The van der Waals surface area contributed by atoms with Gasteiger partial charge in [-0.05, 0) is 287 Å². The molecule has 0 amide bonds. The summed E-state index contributed by atoms with van der Waals surface area (Å²) in [5, 5.41) is 9.54. The molecule has 0 radical (unpaired) electrons. The molecule has 24 aromatic rings. The van der Waals surface area contributed by atoms with Gasteiger partial charge in [0, 0.05) is 98.6 Å². The number of anilines is 18. The third kappa shape index (κ3) is 17.1. The highest BCUT2D eigenvalue weighted by Crippen LogP contribution is 2.52. The number of para-hydroxylation sites is 5. The van der Waals surface area contributed by atoms with Crippen LogP contribution < -0.4 is 29.4 Å². The van der Waals surface area contributed by atoms with Crippen LogP contribution in [0.2, 0.25) is 0 Å². The molecule has 0 fully saturated rings. The third-order valence-corrected chi connectivity index (χ3v) is 27.2. The zero-order chi connectivity index (χ0) is 92.2. The fraction of sp³-hybridized carbons (Fsp3) is 0.0154. The Morgan fingerprint density at radius 2 is 0.420 bits per heavy atom. The van der Waals surface area contributed by atoms with E-state index in [-0.39, 0.29) is 0 Å². The Morgan fingerprint density at radius 1 is 0.152 bits per heavy atom. The van der Waals surface area contributed by atoms with Crippen molar-refractivity contribution < 1.29 is 4.42 Å². The van der Waals surface area contributed by atoms with Crippen LogP contribution in [0.15, 0.2) is 538 Å². The molecule has 2 heterocycles. The van der Waals surface area contributed by atoms with Crippen molar-refractivity contribution in [3.05, 3.63) is 545 Å². The molecule has 0 atom stereocenters. The average Bonchev–Trinajstić information content (AvgIpc) is 0.933. The Bertz CT molecular complexity index is 8210. The second kappa shape index (κ2) is 37.7. The van der Waals surface area contributed by atoms with E-state index < -0.39 is 0 Å². The van der Waals surface area contributed by atoms with Crippen LogP contribution in [-0.2, 0) is 0 Å². The summed E-state index contributed by atoms with van der Waals surface area (Å²) >= 11 is 1.85. The highest BCUT2D eigenvalue weighted by Gasteiger charge is 2.28. The SMILES string of the molecule is Cc1cccc(N(c2ccccc2)c2cc(N(c3ccc(-c4ccccc4)cc3)c3ccc(-c4ccc5oc6ccccc6c5c4)cc3)cc(N(c3ccccc3)c3cccc(C)c3)c2)c1.c1ccc(-c2ccc(N(c3ccc(-c4ccc5sc6ccccc6c5c4)cc3)c3cc(N(c4ccccc4)c4cccc5ccccc45)cc(N(c4ccccc4)c4cccc5ccccc45)c3)cc2)cc1. The lowest BCUT2D eigenvalue weighted by molar-refractivity contribution is 0.669. The molecule has 656 valence electrons. The molecule has 0 aliphatic rings. The lowest BCUT2D eigenvalue weighted by Gasteiger charge is -2.33. The number of aryl methyl sites for hydroxylation is 2. The molecule has 8 heteroatoms. The fourth-order valence-corrected chi connectivity index (χ4v) is 20.6. The van der Waals surface area contributed by atoms with Crippen molar-refractivity contribution in [2.24, 2.45) is 0 Å². The minimum absolute atomic E-state index is 0.891. The number of rotatable bonds is 22. The fourth-order valence-electron chi connectivity index (χ4n) is 19.5. The van der Waals surface area contributed by atoms with Gasteiger partial charge in [-0.25, -0.2) is 0 Å². The number of hydrogen-bond acceptors (Lipinski definition) is 8. The van der Waals surface area contributed by atoms with E-state index >= 15 is 0 Å². The highest BCUT2D eigenvalue weighted by atomic mass is 32.1. The van der Waals surface area contributed by atoms with Crippen LogP contribution in [0.4, 0.5) is 102 Å². The first-order valence-electron chi connectivity index (χ1n) is 47.0. The molecule has 0 saturated heterocycles. The van der Waals surface area contributed by atoms with Crippen molar-refractivity contribution in [2.45, 2.75) is 13.8 Å². The van der Waals surface area contributed by atoms with E-state index in [1.165, 1.54) is 75.1 Å². The minimum atomic E-state index is 0.891. The number of furan rings is 1. The predicted molar refractivity (Wildman–Crippen MR) is 587 cm³/mol. The molecule has 0 saturated carbocycles. The van der Waals surface area contributed by atoms with Crippen molar-refractivity contribution in [2.75, 3.05) is 29.4 Å². The number of fused-ring (bicyclic) bond motifs is 8. The summed E-state index contributed by atoms with van der Waals surface area (Å²) in [5.41, 5.74) is 32.4. The molecule has 138 heavy (non-hydrogen) atoms. The van der Waals surface area contributed by atoms with Crippen LogP contribution in [0, 0.1) is 13.8 Å². The maximum Gasteiger partial charge on any atom is 0.135 e. The predicted octanol–water partition coefficient (Wildman–Crippen LogP) is 38.1. The standard InChI is InChI=1S/C68H47N3S.C62H47N3O/c1-4-18-48(19-5-1)49-34-39-56(40-35-49)69(57-41-36-50(37-42-57)53-38-43-68-64(44-53)63-30-14-15-33-67(63)72-68)58-45-59(70(54-24-6-2-7-25-54)65-31-16-22-51-20-10-12-28-61(51)65)47-60(46-58)71(55-26-8-3-9-27-55)66-32-17-23-52-21-11-13-29-62(52)66;1-44-16-14-24-54(38-44)64(50-20-8-4-9-21-50)57-41-56(42-58(43-57)65(51-22-10-5-11-23-51)55-25-15-17-45(2)39-55)63(52-33-28-47(29-34-52)46-18-6-3-7-19-46)53-35-30-48(31-36-53)49-32-37-62-60(40-49)59-26-12-13-27-61(59)66-62/h1-47H;3-43H,1-2H3. The van der Waals surface area contributed by atoms with Gasteiger partial charge in [0.2, 0.25) is 0 Å². The first-order valence-corrected chi connectivity index (χ1v) is 47.8. The molecule has 22 aromatic carbocycles. The summed E-state index contributed by atoms with van der Waals surface area (Å²) in [7, 11) is 0. The van der Waals surface area contributed by atoms with Gasteiger partial charge in [0.25, 0.3) is 0 Å². The van der Waals surface area contributed by atoms with E-state index in [1.807, 2.05) is 23.5 Å². The Balaban J connectivity index is 0.000000155. The van der Waals surface area contributed by atoms with E-state index in [0.29, 0.717) is 0 Å². The van der Waals surface area contributed by atoms with Crippen molar-refractivity contribution in [3.8, 4) is 44.5 Å². The molecular weight excluding hydrogens is 1690 g/mol. The van der Waals surface area contributed by atoms with Crippen LogP contribution in [-0.4, -0.2) is 0 Å². The Hall–Kier alpha value is -17.8. The lowest BCUT2D eigenvalue weighted by atomic mass is 10.0. The molecule has 0 aliphatic heterocycles. The third-order valence-electron chi connectivity index (χ3n) is 26.1. The maximum absolute atomic E-state index is 6.19. The summed E-state index contributed by atoms with van der Waals surface area (Å²) < 4.78 is 8.81. The molecule has 24 rings (SSSR count). The highest BCUT2D eigenvalue weighted by molar-refractivity contribution is 7.25. The van der Waals surface area contributed by atoms with Crippen molar-refractivity contribution in [3.63, 3.8) is 0 Å². The van der Waals surface area contributed by atoms with Gasteiger partial charge in [-0.3, -0.25) is 0 Å². The molecule has 0 aliphatic carbocycles. The van der Waals surface area contributed by atoms with Crippen molar-refractivity contribution in [1.82, 2.24) is 0 Å². The van der Waals surface area contributed by atoms with Crippen molar-refractivity contribution in [1.29, 1.82) is 0 Å². The molecule has 2 aromatic heterocycles. The quantitative estimate of drug-likeness (QED) is 0.0669. The maximum atomic E-state index is 6.19. The number of thiophene rings is 1. The Morgan fingerprint density at radius 3 is 0.833 bits per heavy atom. The first kappa shape index (κ1) is 84.4. The Labute approximate surface area is 808 Å². The van der Waals surface area contributed by atoms with Gasteiger partial charge in [0.05, 0.1) is 45.5 Å². The molecule has 0 N–H and O–H groups in total. The smallest absolute Gasteiger partial charge is 0.135 e. The Kier molecular flexibility index (Phi) is 23.1. The normalized spacial score (nSPS) is 11.3. The van der Waals surface area contributed by atoms with Crippen LogP contribution in [0.1, 0.15) is 11.1 Å². The summed E-state index contributed by atoms with van der Waals surface area (Å²) in [6, 6.07) is 193. The number of nitrogens with zero attached hydrogens (tertiary/aromatic N) is 6. The summed E-state index contributed by atoms with van der Waals surface area (Å²) in [6.45, 7) is 4.31. The van der Waals surface area contributed by atoms with Crippen molar-refractivity contribution >= 4 is 177 Å². The number of benzene rings is 22. The van der Waals surface area contributed by atoms with Gasteiger partial charge in [-0.15, -0.1) is 11.3 Å². The van der Waals surface area contributed by atoms with E-state index in [0.717, 1.165) is 147 Å².